The van der Waals surface area contributed by atoms with Gasteiger partial charge in [-0.2, -0.15) is 0 Å². The molecule has 138 valence electrons. The van der Waals surface area contributed by atoms with Crippen molar-refractivity contribution in [3.05, 3.63) is 0 Å². The molecule has 2 heterocycles. The van der Waals surface area contributed by atoms with Crippen LogP contribution in [0.25, 0.3) is 0 Å². The van der Waals surface area contributed by atoms with E-state index in [9.17, 15) is 9.59 Å². The van der Waals surface area contributed by atoms with Gasteiger partial charge in [-0.05, 0) is 34.6 Å². The summed E-state index contributed by atoms with van der Waals surface area (Å²) >= 11 is 0. The highest BCUT2D eigenvalue weighted by molar-refractivity contribution is 5.70. The number of hydrogen-bond donors (Lipinski definition) is 0. The number of carbonyl (C=O) groups excluding carboxylic acids is 2. The van der Waals surface area contributed by atoms with Crippen LogP contribution in [0.1, 0.15) is 54.4 Å². The van der Waals surface area contributed by atoms with E-state index in [4.69, 9.17) is 18.9 Å². The van der Waals surface area contributed by atoms with Crippen LogP contribution in [0.5, 0.6) is 0 Å². The summed E-state index contributed by atoms with van der Waals surface area (Å²) in [6, 6.07) is 0. The molecule has 2 aliphatic rings. The van der Waals surface area contributed by atoms with Crippen molar-refractivity contribution in [2.24, 2.45) is 0 Å². The Hall–Kier alpha value is -1.34. The van der Waals surface area contributed by atoms with Crippen molar-refractivity contribution < 1.29 is 28.5 Å². The quantitative estimate of drug-likeness (QED) is 0.733. The molecule has 0 radical (unpaired) electrons. The van der Waals surface area contributed by atoms with Gasteiger partial charge in [0.25, 0.3) is 0 Å². The molecular formula is C17H29NO6. The number of esters is 1. The molecule has 0 saturated carbocycles. The molecular weight excluding hydrogens is 314 g/mol. The lowest BCUT2D eigenvalue weighted by molar-refractivity contribution is -0.241. The largest absolute Gasteiger partial charge is 0.463 e. The van der Waals surface area contributed by atoms with Crippen LogP contribution < -0.4 is 0 Å². The molecule has 1 unspecified atom stereocenters. The molecule has 24 heavy (non-hydrogen) atoms. The van der Waals surface area contributed by atoms with Gasteiger partial charge >= 0.3 is 12.1 Å². The van der Waals surface area contributed by atoms with Gasteiger partial charge in [0.1, 0.15) is 12.7 Å². The molecule has 7 heteroatoms. The fourth-order valence-corrected chi connectivity index (χ4v) is 4.13. The van der Waals surface area contributed by atoms with Crippen LogP contribution in [0.2, 0.25) is 0 Å². The summed E-state index contributed by atoms with van der Waals surface area (Å²) in [5, 5.41) is 0. The van der Waals surface area contributed by atoms with Crippen LogP contribution in [0, 0.1) is 0 Å². The number of rotatable bonds is 3. The summed E-state index contributed by atoms with van der Waals surface area (Å²) in [6.07, 6.45) is 0.448. The van der Waals surface area contributed by atoms with E-state index < -0.39 is 16.9 Å². The van der Waals surface area contributed by atoms with Gasteiger partial charge in [-0.15, -0.1) is 0 Å². The molecule has 1 atom stereocenters. The Morgan fingerprint density at radius 2 is 1.71 bits per heavy atom. The first-order valence-electron chi connectivity index (χ1n) is 8.44. The summed E-state index contributed by atoms with van der Waals surface area (Å²) in [5.74, 6) is -1.11. The number of nitrogens with zero attached hydrogens (tertiary/aromatic N) is 1. The second kappa shape index (κ2) is 6.52. The van der Waals surface area contributed by atoms with Crippen LogP contribution in [0.4, 0.5) is 4.79 Å². The minimum atomic E-state index is -0.777. The number of hydrogen-bond acceptors (Lipinski definition) is 6. The van der Waals surface area contributed by atoms with E-state index in [1.165, 1.54) is 6.92 Å². The number of carbonyl (C=O) groups is 2. The third kappa shape index (κ3) is 3.83. The highest BCUT2D eigenvalue weighted by Crippen LogP contribution is 2.48. The smallest absolute Gasteiger partial charge is 0.410 e. The Kier molecular flexibility index (Phi) is 5.16. The number of piperidine rings is 1. The van der Waals surface area contributed by atoms with Gasteiger partial charge in [0.2, 0.25) is 0 Å². The highest BCUT2D eigenvalue weighted by Gasteiger charge is 2.58. The second-order valence-electron chi connectivity index (χ2n) is 7.78. The predicted molar refractivity (Wildman–Crippen MR) is 86.4 cm³/mol. The minimum Gasteiger partial charge on any atom is -0.463 e. The summed E-state index contributed by atoms with van der Waals surface area (Å²) < 4.78 is 22.4. The van der Waals surface area contributed by atoms with Crippen LogP contribution >= 0.6 is 0 Å². The van der Waals surface area contributed by atoms with E-state index >= 15 is 0 Å². The predicted octanol–water partition coefficient (Wildman–Crippen LogP) is 2.47. The van der Waals surface area contributed by atoms with Gasteiger partial charge in [-0.25, -0.2) is 4.79 Å². The zero-order valence-electron chi connectivity index (χ0n) is 15.5. The number of amides is 1. The molecule has 2 saturated heterocycles. The summed E-state index contributed by atoms with van der Waals surface area (Å²) in [7, 11) is 0. The third-order valence-electron chi connectivity index (χ3n) is 4.45. The molecule has 0 aromatic carbocycles. The molecule has 0 aliphatic carbocycles. The first-order valence-corrected chi connectivity index (χ1v) is 8.44. The van der Waals surface area contributed by atoms with Crippen LogP contribution in [-0.4, -0.2) is 59.8 Å². The van der Waals surface area contributed by atoms with E-state index in [0.717, 1.165) is 0 Å². The fourth-order valence-electron chi connectivity index (χ4n) is 4.13. The zero-order valence-corrected chi connectivity index (χ0v) is 15.5. The lowest BCUT2D eigenvalue weighted by Gasteiger charge is -2.56. The molecule has 1 spiro atoms. The summed E-state index contributed by atoms with van der Waals surface area (Å²) in [4.78, 5) is 25.2. The van der Waals surface area contributed by atoms with Crippen molar-refractivity contribution in [2.45, 2.75) is 77.4 Å². The average Bonchev–Trinajstić information content (AvgIpc) is 2.75. The standard InChI is InChI=1S/C17H29NO6/c1-7-21-14(20)18-15(3,4)10-17(11-16(18,5)6)23-9-13(24-17)8-22-12(2)19/h13H,7-11H2,1-6H3. The molecule has 2 fully saturated rings. The van der Waals surface area contributed by atoms with Gasteiger partial charge in [0, 0.05) is 30.8 Å². The molecule has 2 aliphatic heterocycles. The first-order chi connectivity index (χ1) is 11.0. The van der Waals surface area contributed by atoms with Crippen molar-refractivity contribution in [1.82, 2.24) is 4.90 Å². The van der Waals surface area contributed by atoms with Crippen LogP contribution in [0.3, 0.4) is 0 Å². The molecule has 0 aromatic rings. The summed E-state index contributed by atoms with van der Waals surface area (Å²) in [5.41, 5.74) is -0.991. The maximum Gasteiger partial charge on any atom is 0.410 e. The van der Waals surface area contributed by atoms with E-state index in [0.29, 0.717) is 26.1 Å². The van der Waals surface area contributed by atoms with Crippen molar-refractivity contribution in [3.63, 3.8) is 0 Å². The third-order valence-corrected chi connectivity index (χ3v) is 4.45. The first kappa shape index (κ1) is 19.0. The fraction of sp³-hybridized carbons (Fsp3) is 0.882. The molecule has 2 rings (SSSR count). The molecule has 1 amide bonds. The van der Waals surface area contributed by atoms with Crippen molar-refractivity contribution in [3.8, 4) is 0 Å². The molecule has 0 N–H and O–H groups in total. The molecule has 0 aromatic heterocycles. The van der Waals surface area contributed by atoms with Gasteiger partial charge in [-0.1, -0.05) is 0 Å². The SMILES string of the molecule is CCOC(=O)N1C(C)(C)CC2(CC1(C)C)OCC(COC(C)=O)O2. The van der Waals surface area contributed by atoms with E-state index in [1.807, 2.05) is 27.7 Å². The van der Waals surface area contributed by atoms with E-state index in [2.05, 4.69) is 0 Å². The van der Waals surface area contributed by atoms with Gasteiger partial charge in [-0.3, -0.25) is 9.69 Å². The topological polar surface area (TPSA) is 74.3 Å². The monoisotopic (exact) mass is 343 g/mol. The zero-order chi connectivity index (χ0) is 18.2. The minimum absolute atomic E-state index is 0.180. The van der Waals surface area contributed by atoms with Crippen LogP contribution in [-0.2, 0) is 23.7 Å². The normalized spacial score (nSPS) is 27.1. The Bertz CT molecular complexity index is 483. The van der Waals surface area contributed by atoms with Crippen molar-refractivity contribution in [1.29, 1.82) is 0 Å². The number of likely N-dealkylation sites (tertiary alicyclic amines) is 1. The van der Waals surface area contributed by atoms with Crippen molar-refractivity contribution >= 4 is 12.1 Å². The second-order valence-corrected chi connectivity index (χ2v) is 7.78. The van der Waals surface area contributed by atoms with E-state index in [1.54, 1.807) is 11.8 Å². The Balaban J connectivity index is 2.15. The lowest BCUT2D eigenvalue weighted by atomic mass is 9.76. The average molecular weight is 343 g/mol. The lowest BCUT2D eigenvalue weighted by Crippen LogP contribution is -2.67. The van der Waals surface area contributed by atoms with Gasteiger partial charge in [0.15, 0.2) is 5.79 Å². The highest BCUT2D eigenvalue weighted by atomic mass is 16.8. The maximum atomic E-state index is 12.4. The summed E-state index contributed by atoms with van der Waals surface area (Å²) in [6.45, 7) is 12.0. The van der Waals surface area contributed by atoms with Gasteiger partial charge < -0.3 is 18.9 Å². The Morgan fingerprint density at radius 1 is 1.12 bits per heavy atom. The van der Waals surface area contributed by atoms with E-state index in [-0.39, 0.29) is 24.8 Å². The Labute approximate surface area is 143 Å². The van der Waals surface area contributed by atoms with Crippen molar-refractivity contribution in [2.75, 3.05) is 19.8 Å². The molecule has 0 bridgehead atoms. The number of ether oxygens (including phenoxy) is 4. The molecule has 7 nitrogen and oxygen atoms in total. The van der Waals surface area contributed by atoms with Gasteiger partial charge in [0.05, 0.1) is 13.2 Å². The van der Waals surface area contributed by atoms with Crippen LogP contribution in [0.15, 0.2) is 0 Å². The maximum absolute atomic E-state index is 12.4. The Morgan fingerprint density at radius 3 is 2.21 bits per heavy atom.